The number of nitriles is 1. The predicted octanol–water partition coefficient (Wildman–Crippen LogP) is 3.89. The van der Waals surface area contributed by atoms with Gasteiger partial charge in [-0.05, 0) is 26.7 Å². The molecular weight excluding hydrogens is 342 g/mol. The summed E-state index contributed by atoms with van der Waals surface area (Å²) in [4.78, 5) is 0. The van der Waals surface area contributed by atoms with Crippen LogP contribution < -0.4 is 15.6 Å². The largest absolute Gasteiger partial charge is 0.265 e. The van der Waals surface area contributed by atoms with Crippen molar-refractivity contribution in [3.63, 3.8) is 0 Å². The second-order valence-corrected chi connectivity index (χ2v) is 9.92. The van der Waals surface area contributed by atoms with Crippen LogP contribution in [0.4, 0.5) is 0 Å². The van der Waals surface area contributed by atoms with Gasteiger partial charge in [0.05, 0.1) is 0 Å². The Hall–Kier alpha value is -3.41. The SMILES string of the molecule is N#C[Si](c1ccccc1)(c1ccccc1)c1ccccc1-c1ccccc1. The second-order valence-electron chi connectivity index (χ2n) is 6.51. The minimum atomic E-state index is -2.82. The van der Waals surface area contributed by atoms with Crippen molar-refractivity contribution in [2.45, 2.75) is 0 Å². The van der Waals surface area contributed by atoms with Crippen LogP contribution in [0.15, 0.2) is 115 Å². The molecule has 0 atom stereocenters. The zero-order valence-electron chi connectivity index (χ0n) is 14.9. The summed E-state index contributed by atoms with van der Waals surface area (Å²) in [6, 6.07) is 39.3. The standard InChI is InChI=1S/C25H19NSi/c26-20-27(22-14-6-2-7-15-22,23-16-8-3-9-17-23)25-19-11-10-18-24(25)21-12-4-1-5-13-21/h1-19H. The van der Waals surface area contributed by atoms with Crippen molar-refractivity contribution in [1.82, 2.24) is 0 Å². The van der Waals surface area contributed by atoms with Gasteiger partial charge in [-0.2, -0.15) is 0 Å². The number of hydrogen-bond acceptors (Lipinski definition) is 1. The van der Waals surface area contributed by atoms with Gasteiger partial charge in [-0.1, -0.05) is 115 Å². The first kappa shape index (κ1) is 17.0. The molecule has 0 fully saturated rings. The Morgan fingerprint density at radius 2 is 0.963 bits per heavy atom. The van der Waals surface area contributed by atoms with Crippen LogP contribution in [0, 0.1) is 11.0 Å². The summed E-state index contributed by atoms with van der Waals surface area (Å²) < 4.78 is 0. The van der Waals surface area contributed by atoms with Gasteiger partial charge in [-0.3, -0.25) is 0 Å². The van der Waals surface area contributed by atoms with E-state index in [1.807, 2.05) is 60.7 Å². The first-order valence-electron chi connectivity index (χ1n) is 9.03. The summed E-state index contributed by atoms with van der Waals surface area (Å²) >= 11 is 0. The van der Waals surface area contributed by atoms with E-state index in [9.17, 15) is 5.26 Å². The van der Waals surface area contributed by atoms with E-state index in [0.29, 0.717) is 0 Å². The van der Waals surface area contributed by atoms with Crippen molar-refractivity contribution < 1.29 is 0 Å². The lowest BCUT2D eigenvalue weighted by Crippen LogP contribution is -2.66. The van der Waals surface area contributed by atoms with Crippen LogP contribution in [0.5, 0.6) is 0 Å². The van der Waals surface area contributed by atoms with Gasteiger partial charge in [0.25, 0.3) is 8.07 Å². The number of hydrogen-bond donors (Lipinski definition) is 0. The highest BCUT2D eigenvalue weighted by molar-refractivity contribution is 7.17. The molecule has 4 rings (SSSR count). The molecule has 0 bridgehead atoms. The highest BCUT2D eigenvalue weighted by atomic mass is 28.3. The van der Waals surface area contributed by atoms with E-state index in [2.05, 4.69) is 60.3 Å². The zero-order chi connectivity index (χ0) is 18.5. The van der Waals surface area contributed by atoms with Gasteiger partial charge in [0.15, 0.2) is 0 Å². The number of rotatable bonds is 4. The lowest BCUT2D eigenvalue weighted by molar-refractivity contribution is 1.54. The third kappa shape index (κ3) is 2.99. The van der Waals surface area contributed by atoms with Gasteiger partial charge in [-0.25, -0.2) is 5.26 Å². The molecule has 0 unspecified atom stereocenters. The molecule has 0 radical (unpaired) electrons. The van der Waals surface area contributed by atoms with Crippen molar-refractivity contribution >= 4 is 23.6 Å². The van der Waals surface area contributed by atoms with Crippen LogP contribution in [0.25, 0.3) is 11.1 Å². The molecule has 0 aromatic heterocycles. The van der Waals surface area contributed by atoms with Crippen LogP contribution in [0.3, 0.4) is 0 Å². The normalized spacial score (nSPS) is 10.9. The van der Waals surface area contributed by atoms with Crippen molar-refractivity contribution in [2.24, 2.45) is 0 Å². The molecule has 0 aliphatic rings. The first-order chi connectivity index (χ1) is 13.4. The summed E-state index contributed by atoms with van der Waals surface area (Å²) in [5.41, 5.74) is 5.10. The minimum Gasteiger partial charge on any atom is -0.205 e. The summed E-state index contributed by atoms with van der Waals surface area (Å²) in [6.45, 7) is 0. The van der Waals surface area contributed by atoms with Crippen molar-refractivity contribution in [3.8, 4) is 16.8 Å². The average molecular weight is 362 g/mol. The Bertz CT molecular complexity index is 1030. The highest BCUT2D eigenvalue weighted by Crippen LogP contribution is 2.20. The minimum absolute atomic E-state index is 1.11. The molecular formula is C25H19NSi. The maximum absolute atomic E-state index is 10.6. The van der Waals surface area contributed by atoms with Crippen LogP contribution in [-0.2, 0) is 0 Å². The van der Waals surface area contributed by atoms with Crippen LogP contribution in [0.1, 0.15) is 0 Å². The van der Waals surface area contributed by atoms with Gasteiger partial charge in [0.1, 0.15) is 0 Å². The number of benzene rings is 4. The second kappa shape index (κ2) is 7.45. The van der Waals surface area contributed by atoms with E-state index in [0.717, 1.165) is 26.7 Å². The van der Waals surface area contributed by atoms with Gasteiger partial charge in [-0.15, -0.1) is 0 Å². The Kier molecular flexibility index (Phi) is 4.70. The van der Waals surface area contributed by atoms with E-state index in [4.69, 9.17) is 0 Å². The summed E-state index contributed by atoms with van der Waals surface area (Å²) in [7, 11) is -2.82. The maximum Gasteiger partial charge on any atom is 0.265 e. The molecule has 0 heterocycles. The Labute approximate surface area is 161 Å². The molecule has 0 amide bonds. The van der Waals surface area contributed by atoms with Gasteiger partial charge in [0.2, 0.25) is 0 Å². The molecule has 4 aromatic rings. The third-order valence-corrected chi connectivity index (χ3v) is 8.98. The Morgan fingerprint density at radius 3 is 1.48 bits per heavy atom. The third-order valence-electron chi connectivity index (χ3n) is 5.00. The van der Waals surface area contributed by atoms with Gasteiger partial charge < -0.3 is 0 Å². The smallest absolute Gasteiger partial charge is 0.205 e. The summed E-state index contributed by atoms with van der Waals surface area (Å²) in [5.74, 6) is 0. The molecule has 0 N–H and O–H groups in total. The molecule has 0 aliphatic carbocycles. The van der Waals surface area contributed by atoms with E-state index in [-0.39, 0.29) is 0 Å². The van der Waals surface area contributed by atoms with E-state index >= 15 is 0 Å². The molecule has 1 nitrogen and oxygen atoms in total. The van der Waals surface area contributed by atoms with Crippen LogP contribution >= 0.6 is 0 Å². The Balaban J connectivity index is 2.07. The fraction of sp³-hybridized carbons (Fsp3) is 0. The summed E-state index contributed by atoms with van der Waals surface area (Å²) in [6.07, 6.45) is 0. The molecule has 27 heavy (non-hydrogen) atoms. The Morgan fingerprint density at radius 1 is 0.519 bits per heavy atom. The predicted molar refractivity (Wildman–Crippen MR) is 115 cm³/mol. The van der Waals surface area contributed by atoms with Gasteiger partial charge in [0, 0.05) is 5.69 Å². The number of nitrogens with zero attached hydrogens (tertiary/aromatic N) is 1. The maximum atomic E-state index is 10.6. The lowest BCUT2D eigenvalue weighted by atomic mass is 10.1. The zero-order valence-corrected chi connectivity index (χ0v) is 15.9. The molecule has 128 valence electrons. The van der Waals surface area contributed by atoms with Crippen molar-refractivity contribution in [3.05, 3.63) is 115 Å². The topological polar surface area (TPSA) is 23.8 Å². The van der Waals surface area contributed by atoms with Crippen molar-refractivity contribution in [1.29, 1.82) is 5.26 Å². The van der Waals surface area contributed by atoms with E-state index in [1.165, 1.54) is 0 Å². The first-order valence-corrected chi connectivity index (χ1v) is 11.0. The lowest BCUT2D eigenvalue weighted by Gasteiger charge is -2.28. The average Bonchev–Trinajstić information content (AvgIpc) is 2.77. The van der Waals surface area contributed by atoms with Gasteiger partial charge >= 0.3 is 0 Å². The molecule has 0 saturated carbocycles. The van der Waals surface area contributed by atoms with E-state index < -0.39 is 8.07 Å². The fourth-order valence-electron chi connectivity index (χ4n) is 3.72. The molecule has 0 spiro atoms. The highest BCUT2D eigenvalue weighted by Gasteiger charge is 2.42. The van der Waals surface area contributed by atoms with Crippen LogP contribution in [-0.4, -0.2) is 8.07 Å². The summed E-state index contributed by atoms with van der Waals surface area (Å²) in [5, 5.41) is 14.0. The molecule has 4 aromatic carbocycles. The fourth-order valence-corrected chi connectivity index (χ4v) is 7.42. The molecule has 2 heteroatoms. The monoisotopic (exact) mass is 361 g/mol. The molecule has 0 aliphatic heterocycles. The quantitative estimate of drug-likeness (QED) is 0.400. The van der Waals surface area contributed by atoms with Crippen LogP contribution in [0.2, 0.25) is 0 Å². The molecule has 0 saturated heterocycles. The van der Waals surface area contributed by atoms with E-state index in [1.54, 1.807) is 0 Å². The van der Waals surface area contributed by atoms with Crippen molar-refractivity contribution in [2.75, 3.05) is 0 Å².